The number of hydrogen-bond donors (Lipinski definition) is 1. The van der Waals surface area contributed by atoms with Gasteiger partial charge in [0.1, 0.15) is 11.6 Å². The van der Waals surface area contributed by atoms with Crippen LogP contribution in [-0.4, -0.2) is 6.54 Å². The largest absolute Gasteiger partial charge is 0.313 e. The van der Waals surface area contributed by atoms with E-state index in [0.717, 1.165) is 18.5 Å². The lowest BCUT2D eigenvalue weighted by Gasteiger charge is -2.08. The highest BCUT2D eigenvalue weighted by molar-refractivity contribution is 6.30. The molecule has 4 heteroatoms. The molecule has 0 amide bonds. The van der Waals surface area contributed by atoms with Crippen molar-refractivity contribution in [2.24, 2.45) is 0 Å². The van der Waals surface area contributed by atoms with Crippen LogP contribution in [0, 0.1) is 11.6 Å². The van der Waals surface area contributed by atoms with Gasteiger partial charge in [-0.2, -0.15) is 0 Å². The van der Waals surface area contributed by atoms with Gasteiger partial charge in [-0.15, -0.1) is 0 Å². The third-order valence-electron chi connectivity index (χ3n) is 2.96. The first-order valence-electron chi connectivity index (χ1n) is 6.55. The monoisotopic (exact) mass is 295 g/mol. The molecule has 0 atom stereocenters. The van der Waals surface area contributed by atoms with Gasteiger partial charge in [0.25, 0.3) is 0 Å². The van der Waals surface area contributed by atoms with Crippen LogP contribution in [0.5, 0.6) is 0 Å². The highest BCUT2D eigenvalue weighted by Gasteiger charge is 2.08. The molecule has 0 radical (unpaired) electrons. The number of benzene rings is 2. The summed E-state index contributed by atoms with van der Waals surface area (Å²) in [5.74, 6) is -0.844. The van der Waals surface area contributed by atoms with Gasteiger partial charge in [-0.25, -0.2) is 8.78 Å². The van der Waals surface area contributed by atoms with Crippen LogP contribution >= 0.6 is 11.6 Å². The van der Waals surface area contributed by atoms with Crippen molar-refractivity contribution < 1.29 is 8.78 Å². The van der Waals surface area contributed by atoms with Crippen LogP contribution in [0.4, 0.5) is 8.78 Å². The average Bonchev–Trinajstić information content (AvgIpc) is 2.38. The number of halogens is 3. The van der Waals surface area contributed by atoms with Crippen molar-refractivity contribution in [3.8, 4) is 11.1 Å². The van der Waals surface area contributed by atoms with E-state index < -0.39 is 5.82 Å². The van der Waals surface area contributed by atoms with Crippen LogP contribution in [0.25, 0.3) is 11.1 Å². The third-order valence-corrected chi connectivity index (χ3v) is 3.18. The van der Waals surface area contributed by atoms with Crippen LogP contribution in [0.15, 0.2) is 36.4 Å². The summed E-state index contributed by atoms with van der Waals surface area (Å²) < 4.78 is 27.4. The summed E-state index contributed by atoms with van der Waals surface area (Å²) in [7, 11) is 0. The number of rotatable bonds is 5. The molecule has 2 aromatic carbocycles. The molecule has 0 aromatic heterocycles. The van der Waals surface area contributed by atoms with Crippen LogP contribution in [-0.2, 0) is 6.54 Å². The minimum absolute atomic E-state index is 0.257. The Labute approximate surface area is 122 Å². The van der Waals surface area contributed by atoms with Crippen molar-refractivity contribution in [3.05, 3.63) is 58.6 Å². The first kappa shape index (κ1) is 14.9. The molecule has 0 aliphatic carbocycles. The zero-order valence-corrected chi connectivity index (χ0v) is 12.0. The molecule has 1 nitrogen and oxygen atoms in total. The summed E-state index contributed by atoms with van der Waals surface area (Å²) in [6.45, 7) is 3.59. The summed E-state index contributed by atoms with van der Waals surface area (Å²) in [4.78, 5) is 0. The lowest BCUT2D eigenvalue weighted by molar-refractivity contribution is 0.620. The van der Waals surface area contributed by atoms with Gasteiger partial charge in [0.15, 0.2) is 0 Å². The maximum Gasteiger partial charge on any atom is 0.131 e. The van der Waals surface area contributed by atoms with Gasteiger partial charge < -0.3 is 5.32 Å². The molecule has 0 spiro atoms. The minimum atomic E-state index is -0.472. The number of hydrogen-bond acceptors (Lipinski definition) is 1. The standard InChI is InChI=1S/C16H16ClF2N/c1-2-5-20-10-11-3-4-15(16(19)6-11)12-7-13(17)9-14(18)8-12/h3-4,6-9,20H,2,5,10H2,1H3. The Hall–Kier alpha value is -1.45. The second-order valence-corrected chi connectivity index (χ2v) is 5.09. The van der Waals surface area contributed by atoms with E-state index in [-0.39, 0.29) is 10.8 Å². The lowest BCUT2D eigenvalue weighted by Crippen LogP contribution is -2.13. The minimum Gasteiger partial charge on any atom is -0.313 e. The lowest BCUT2D eigenvalue weighted by atomic mass is 10.0. The van der Waals surface area contributed by atoms with Gasteiger partial charge in [0, 0.05) is 17.1 Å². The summed E-state index contributed by atoms with van der Waals surface area (Å²) in [5, 5.41) is 3.47. The maximum absolute atomic E-state index is 14.1. The van der Waals surface area contributed by atoms with E-state index in [2.05, 4.69) is 12.2 Å². The van der Waals surface area contributed by atoms with Crippen molar-refractivity contribution in [1.82, 2.24) is 5.32 Å². The normalized spacial score (nSPS) is 10.8. The Kier molecular flexibility index (Phi) is 5.10. The topological polar surface area (TPSA) is 12.0 Å². The van der Waals surface area contributed by atoms with Crippen LogP contribution in [0.1, 0.15) is 18.9 Å². The van der Waals surface area contributed by atoms with E-state index in [0.29, 0.717) is 17.7 Å². The molecule has 0 saturated heterocycles. The van der Waals surface area contributed by atoms with Crippen LogP contribution in [0.3, 0.4) is 0 Å². The van der Waals surface area contributed by atoms with Crippen LogP contribution in [0.2, 0.25) is 5.02 Å². The fourth-order valence-corrected chi connectivity index (χ4v) is 2.24. The summed E-state index contributed by atoms with van der Waals surface area (Å²) in [6, 6.07) is 8.99. The fourth-order valence-electron chi connectivity index (χ4n) is 2.02. The third kappa shape index (κ3) is 3.78. The average molecular weight is 296 g/mol. The molecule has 0 aliphatic heterocycles. The van der Waals surface area contributed by atoms with Crippen molar-refractivity contribution in [1.29, 1.82) is 0 Å². The Morgan fingerprint density at radius 1 is 1.10 bits per heavy atom. The summed E-state index contributed by atoms with van der Waals surface area (Å²) >= 11 is 5.80. The van der Waals surface area contributed by atoms with Gasteiger partial charge in [0.05, 0.1) is 0 Å². The SMILES string of the molecule is CCCNCc1ccc(-c2cc(F)cc(Cl)c2)c(F)c1. The van der Waals surface area contributed by atoms with Crippen molar-refractivity contribution >= 4 is 11.6 Å². The highest BCUT2D eigenvalue weighted by Crippen LogP contribution is 2.27. The molecular formula is C16H16ClF2N. The second kappa shape index (κ2) is 6.82. The van der Waals surface area contributed by atoms with Gasteiger partial charge >= 0.3 is 0 Å². The molecule has 0 saturated carbocycles. The molecule has 2 aromatic rings. The zero-order chi connectivity index (χ0) is 14.5. The second-order valence-electron chi connectivity index (χ2n) is 4.65. The van der Waals surface area contributed by atoms with Crippen molar-refractivity contribution in [2.45, 2.75) is 19.9 Å². The van der Waals surface area contributed by atoms with E-state index in [1.165, 1.54) is 18.2 Å². The predicted octanol–water partition coefficient (Wildman–Crippen LogP) is 4.78. The van der Waals surface area contributed by atoms with Crippen molar-refractivity contribution in [3.63, 3.8) is 0 Å². The first-order chi connectivity index (χ1) is 9.60. The van der Waals surface area contributed by atoms with E-state index in [1.807, 2.05) is 6.07 Å². The van der Waals surface area contributed by atoms with Crippen molar-refractivity contribution in [2.75, 3.05) is 6.54 Å². The number of nitrogens with one attached hydrogen (secondary N) is 1. The van der Waals surface area contributed by atoms with E-state index in [4.69, 9.17) is 11.6 Å². The molecule has 0 bridgehead atoms. The molecular weight excluding hydrogens is 280 g/mol. The van der Waals surface area contributed by atoms with Gasteiger partial charge in [0.2, 0.25) is 0 Å². The molecule has 0 aliphatic rings. The molecule has 2 rings (SSSR count). The molecule has 20 heavy (non-hydrogen) atoms. The summed E-state index contributed by atoms with van der Waals surface area (Å²) in [6.07, 6.45) is 1.03. The first-order valence-corrected chi connectivity index (χ1v) is 6.93. The predicted molar refractivity (Wildman–Crippen MR) is 78.8 cm³/mol. The van der Waals surface area contributed by atoms with Crippen LogP contribution < -0.4 is 5.32 Å². The molecule has 0 unspecified atom stereocenters. The van der Waals surface area contributed by atoms with E-state index in [9.17, 15) is 8.78 Å². The molecule has 1 N–H and O–H groups in total. The van der Waals surface area contributed by atoms with E-state index >= 15 is 0 Å². The maximum atomic E-state index is 14.1. The zero-order valence-electron chi connectivity index (χ0n) is 11.2. The quantitative estimate of drug-likeness (QED) is 0.782. The van der Waals surface area contributed by atoms with Gasteiger partial charge in [-0.3, -0.25) is 0 Å². The Bertz CT molecular complexity index is 579. The fraction of sp³-hybridized carbons (Fsp3) is 0.250. The molecule has 0 fully saturated rings. The van der Waals surface area contributed by atoms with Gasteiger partial charge in [-0.05, 0) is 48.4 Å². The Morgan fingerprint density at radius 2 is 1.90 bits per heavy atom. The molecule has 0 heterocycles. The Balaban J connectivity index is 2.25. The molecule has 106 valence electrons. The van der Waals surface area contributed by atoms with E-state index in [1.54, 1.807) is 12.1 Å². The Morgan fingerprint density at radius 3 is 2.55 bits per heavy atom. The van der Waals surface area contributed by atoms with Gasteiger partial charge in [-0.1, -0.05) is 30.7 Å². The highest BCUT2D eigenvalue weighted by atomic mass is 35.5. The summed E-state index contributed by atoms with van der Waals surface area (Å²) in [5.41, 5.74) is 1.66. The smallest absolute Gasteiger partial charge is 0.131 e.